The first-order valence-electron chi connectivity index (χ1n) is 8.53. The maximum absolute atomic E-state index is 13.5. The van der Waals surface area contributed by atoms with Crippen LogP contribution < -0.4 is 16.0 Å². The molecular formula is C19H24FN3O4. The number of benzene rings is 1. The summed E-state index contributed by atoms with van der Waals surface area (Å²) in [6, 6.07) is 4.78. The number of ether oxygens (including phenoxy) is 1. The summed E-state index contributed by atoms with van der Waals surface area (Å²) in [7, 11) is 1.22. The number of amides is 2. The predicted octanol–water partition coefficient (Wildman–Crippen LogP) is 1.21. The lowest BCUT2D eigenvalue weighted by Gasteiger charge is -2.16. The van der Waals surface area contributed by atoms with Crippen molar-refractivity contribution >= 4 is 23.5 Å². The second-order valence-electron chi connectivity index (χ2n) is 5.72. The van der Waals surface area contributed by atoms with Gasteiger partial charge in [-0.05, 0) is 37.9 Å². The lowest BCUT2D eigenvalue weighted by Crippen LogP contribution is -2.42. The number of carbonyl (C=O) groups excluding carboxylic acids is 3. The molecule has 0 aromatic heterocycles. The van der Waals surface area contributed by atoms with Crippen LogP contribution in [0.4, 0.5) is 10.1 Å². The standard InChI is InChI=1S/C19H24FN3O4/c1-3-11-21-12-7-6-10-16(19(26)27-2)23-18(25)13-17(24)22-15-9-5-4-8-14(15)20/h1,4-5,8-9,16,21H,6-7,10-13H2,2H3,(H,22,24)(H,23,25)/t16-/m0/s1. The van der Waals surface area contributed by atoms with Crippen LogP contribution in [0.2, 0.25) is 0 Å². The quantitative estimate of drug-likeness (QED) is 0.233. The fourth-order valence-corrected chi connectivity index (χ4v) is 2.30. The minimum atomic E-state index is -0.851. The highest BCUT2D eigenvalue weighted by Crippen LogP contribution is 2.12. The Morgan fingerprint density at radius 2 is 1.96 bits per heavy atom. The van der Waals surface area contributed by atoms with Crippen LogP contribution in [-0.4, -0.2) is 44.0 Å². The summed E-state index contributed by atoms with van der Waals surface area (Å²) < 4.78 is 18.2. The third-order valence-electron chi connectivity index (χ3n) is 3.61. The number of methoxy groups -OCH3 is 1. The molecule has 7 nitrogen and oxygen atoms in total. The van der Waals surface area contributed by atoms with Crippen LogP contribution in [-0.2, 0) is 19.1 Å². The number of anilines is 1. The molecule has 0 aliphatic carbocycles. The summed E-state index contributed by atoms with van der Waals surface area (Å²) in [6.45, 7) is 1.16. The van der Waals surface area contributed by atoms with E-state index >= 15 is 0 Å². The summed E-state index contributed by atoms with van der Waals surface area (Å²) in [4.78, 5) is 35.7. The van der Waals surface area contributed by atoms with Crippen molar-refractivity contribution < 1.29 is 23.5 Å². The van der Waals surface area contributed by atoms with Gasteiger partial charge in [-0.1, -0.05) is 18.1 Å². The lowest BCUT2D eigenvalue weighted by atomic mass is 10.1. The zero-order valence-corrected chi connectivity index (χ0v) is 15.2. The number of nitrogens with one attached hydrogen (secondary N) is 3. The number of unbranched alkanes of at least 4 members (excludes halogenated alkanes) is 1. The van der Waals surface area contributed by atoms with E-state index in [1.807, 2.05) is 0 Å². The number of hydrogen-bond donors (Lipinski definition) is 3. The van der Waals surface area contributed by atoms with E-state index in [0.717, 1.165) is 6.42 Å². The largest absolute Gasteiger partial charge is 0.467 e. The van der Waals surface area contributed by atoms with Crippen molar-refractivity contribution in [3.05, 3.63) is 30.1 Å². The van der Waals surface area contributed by atoms with Crippen molar-refractivity contribution in [1.82, 2.24) is 10.6 Å². The van der Waals surface area contributed by atoms with Crippen molar-refractivity contribution in [3.63, 3.8) is 0 Å². The molecule has 0 unspecified atom stereocenters. The van der Waals surface area contributed by atoms with Gasteiger partial charge in [-0.15, -0.1) is 6.42 Å². The van der Waals surface area contributed by atoms with E-state index in [0.29, 0.717) is 25.9 Å². The van der Waals surface area contributed by atoms with Crippen molar-refractivity contribution in [1.29, 1.82) is 0 Å². The van der Waals surface area contributed by atoms with Gasteiger partial charge >= 0.3 is 5.97 Å². The third kappa shape index (κ3) is 8.83. The zero-order chi connectivity index (χ0) is 20.1. The zero-order valence-electron chi connectivity index (χ0n) is 15.2. The van der Waals surface area contributed by atoms with Gasteiger partial charge in [0.05, 0.1) is 19.3 Å². The summed E-state index contributed by atoms with van der Waals surface area (Å²) in [5.41, 5.74) is -0.0145. The van der Waals surface area contributed by atoms with Crippen LogP contribution in [0.1, 0.15) is 25.7 Å². The SMILES string of the molecule is C#CCNCCCC[C@H](NC(=O)CC(=O)Nc1ccccc1F)C(=O)OC. The van der Waals surface area contributed by atoms with E-state index in [2.05, 4.69) is 26.6 Å². The molecule has 146 valence electrons. The Balaban J connectivity index is 2.46. The number of hydrogen-bond acceptors (Lipinski definition) is 5. The molecule has 3 N–H and O–H groups in total. The first kappa shape index (κ1) is 22.1. The molecule has 1 rings (SSSR count). The number of carbonyl (C=O) groups is 3. The van der Waals surface area contributed by atoms with Crippen molar-refractivity contribution in [2.45, 2.75) is 31.7 Å². The highest BCUT2D eigenvalue weighted by molar-refractivity contribution is 6.04. The monoisotopic (exact) mass is 377 g/mol. The van der Waals surface area contributed by atoms with Crippen molar-refractivity contribution in [2.75, 3.05) is 25.5 Å². The predicted molar refractivity (Wildman–Crippen MR) is 99.1 cm³/mol. The van der Waals surface area contributed by atoms with E-state index < -0.39 is 36.1 Å². The Hall–Kier alpha value is -2.92. The third-order valence-corrected chi connectivity index (χ3v) is 3.61. The van der Waals surface area contributed by atoms with Crippen LogP contribution in [0.25, 0.3) is 0 Å². The smallest absolute Gasteiger partial charge is 0.328 e. The number of esters is 1. The Kier molecular flexibility index (Phi) is 10.2. The van der Waals surface area contributed by atoms with Gasteiger partial charge in [0.1, 0.15) is 18.3 Å². The second-order valence-corrected chi connectivity index (χ2v) is 5.72. The maximum atomic E-state index is 13.5. The Bertz CT molecular complexity index is 688. The maximum Gasteiger partial charge on any atom is 0.328 e. The number of para-hydroxylation sites is 1. The Labute approximate surface area is 158 Å². The molecule has 0 heterocycles. The average Bonchev–Trinajstić information content (AvgIpc) is 2.64. The first-order valence-corrected chi connectivity index (χ1v) is 8.53. The minimum absolute atomic E-state index is 0.0145. The van der Waals surface area contributed by atoms with Gasteiger partial charge in [0, 0.05) is 0 Å². The Morgan fingerprint density at radius 1 is 1.22 bits per heavy atom. The van der Waals surface area contributed by atoms with E-state index in [4.69, 9.17) is 6.42 Å². The molecular weight excluding hydrogens is 353 g/mol. The van der Waals surface area contributed by atoms with E-state index in [-0.39, 0.29) is 5.69 Å². The van der Waals surface area contributed by atoms with Gasteiger partial charge in [-0.25, -0.2) is 9.18 Å². The normalized spacial score (nSPS) is 11.1. The summed E-state index contributed by atoms with van der Waals surface area (Å²) in [5, 5.41) is 7.82. The molecule has 1 aromatic rings. The fourth-order valence-electron chi connectivity index (χ4n) is 2.30. The molecule has 0 aliphatic heterocycles. The molecule has 1 atom stereocenters. The van der Waals surface area contributed by atoms with Crippen LogP contribution in [0.15, 0.2) is 24.3 Å². The van der Waals surface area contributed by atoms with Crippen molar-refractivity contribution in [2.24, 2.45) is 0 Å². The van der Waals surface area contributed by atoms with Gasteiger partial charge in [0.2, 0.25) is 11.8 Å². The first-order chi connectivity index (χ1) is 13.0. The van der Waals surface area contributed by atoms with E-state index in [1.165, 1.54) is 25.3 Å². The molecule has 0 saturated heterocycles. The highest BCUT2D eigenvalue weighted by atomic mass is 19.1. The number of rotatable bonds is 11. The average molecular weight is 377 g/mol. The van der Waals surface area contributed by atoms with Crippen LogP contribution in [0.5, 0.6) is 0 Å². The van der Waals surface area contributed by atoms with Crippen LogP contribution in [0, 0.1) is 18.2 Å². The van der Waals surface area contributed by atoms with Crippen LogP contribution in [0.3, 0.4) is 0 Å². The van der Waals surface area contributed by atoms with E-state index in [1.54, 1.807) is 6.07 Å². The molecule has 0 saturated carbocycles. The second kappa shape index (κ2) is 12.4. The molecule has 0 fully saturated rings. The van der Waals surface area contributed by atoms with Crippen LogP contribution >= 0.6 is 0 Å². The lowest BCUT2D eigenvalue weighted by molar-refractivity contribution is -0.145. The minimum Gasteiger partial charge on any atom is -0.467 e. The number of halogens is 1. The molecule has 0 spiro atoms. The summed E-state index contributed by atoms with van der Waals surface area (Å²) >= 11 is 0. The van der Waals surface area contributed by atoms with Gasteiger partial charge in [-0.3, -0.25) is 9.59 Å². The topological polar surface area (TPSA) is 96.5 Å². The molecule has 2 amide bonds. The highest BCUT2D eigenvalue weighted by Gasteiger charge is 2.22. The van der Waals surface area contributed by atoms with Gasteiger partial charge < -0.3 is 20.7 Å². The summed E-state index contributed by atoms with van der Waals surface area (Å²) in [6.07, 6.45) is 6.37. The van der Waals surface area contributed by atoms with Gasteiger partial charge in [-0.2, -0.15) is 0 Å². The Morgan fingerprint density at radius 3 is 2.63 bits per heavy atom. The fraction of sp³-hybridized carbons (Fsp3) is 0.421. The molecule has 0 aliphatic rings. The molecule has 8 heteroatoms. The number of terminal acetylenes is 1. The molecule has 1 aromatic carbocycles. The van der Waals surface area contributed by atoms with Gasteiger partial charge in [0.15, 0.2) is 0 Å². The molecule has 0 radical (unpaired) electrons. The van der Waals surface area contributed by atoms with E-state index in [9.17, 15) is 18.8 Å². The molecule has 27 heavy (non-hydrogen) atoms. The van der Waals surface area contributed by atoms with Crippen molar-refractivity contribution in [3.8, 4) is 12.3 Å². The van der Waals surface area contributed by atoms with Gasteiger partial charge in [0.25, 0.3) is 0 Å². The molecule has 0 bridgehead atoms. The summed E-state index contributed by atoms with van der Waals surface area (Å²) in [5.74, 6) is -0.0614.